The van der Waals surface area contributed by atoms with Crippen molar-refractivity contribution in [2.75, 3.05) is 16.4 Å². The molecule has 3 aromatic carbocycles. The van der Waals surface area contributed by atoms with E-state index < -0.39 is 17.5 Å². The fraction of sp³-hybridized carbons (Fsp3) is 0.258. The third kappa shape index (κ3) is 6.65. The van der Waals surface area contributed by atoms with E-state index >= 15 is 0 Å². The molecule has 0 atom stereocenters. The quantitative estimate of drug-likeness (QED) is 0.174. The summed E-state index contributed by atoms with van der Waals surface area (Å²) >= 11 is 0. The van der Waals surface area contributed by atoms with E-state index in [9.17, 15) is 14.4 Å². The number of benzene rings is 3. The van der Waals surface area contributed by atoms with E-state index in [0.29, 0.717) is 33.8 Å². The number of carbonyl (C=O) groups is 3. The number of carbonyl (C=O) groups excluding carboxylic acids is 3. The van der Waals surface area contributed by atoms with Gasteiger partial charge in [0.25, 0.3) is 11.8 Å². The predicted octanol–water partition coefficient (Wildman–Crippen LogP) is 6.51. The molecular weight excluding hydrogens is 492 g/mol. The normalized spacial score (nSPS) is 11.7. The summed E-state index contributed by atoms with van der Waals surface area (Å²) in [7, 11) is 0. The molecule has 1 heterocycles. The van der Waals surface area contributed by atoms with Crippen molar-refractivity contribution in [2.45, 2.75) is 52.6 Å². The predicted molar refractivity (Wildman–Crippen MR) is 155 cm³/mol. The first kappa shape index (κ1) is 27.4. The Morgan fingerprint density at radius 3 is 2.13 bits per heavy atom. The number of nitrogens with two attached hydrogens (primary N) is 1. The van der Waals surface area contributed by atoms with Gasteiger partial charge in [-0.3, -0.25) is 9.59 Å². The van der Waals surface area contributed by atoms with Crippen LogP contribution in [0.1, 0.15) is 78.3 Å². The summed E-state index contributed by atoms with van der Waals surface area (Å²) in [6.07, 6.45) is 0. The lowest BCUT2D eigenvalue weighted by atomic mass is 9.86. The molecule has 8 nitrogen and oxygen atoms in total. The Balaban J connectivity index is 1.53. The molecule has 39 heavy (non-hydrogen) atoms. The number of amides is 2. The monoisotopic (exact) mass is 526 g/mol. The number of anilines is 3. The van der Waals surface area contributed by atoms with Crippen LogP contribution >= 0.6 is 0 Å². The average molecular weight is 527 g/mol. The van der Waals surface area contributed by atoms with E-state index in [2.05, 4.69) is 36.4 Å². The summed E-state index contributed by atoms with van der Waals surface area (Å²) in [5.41, 5.74) is 9.35. The first-order valence-corrected chi connectivity index (χ1v) is 12.7. The highest BCUT2D eigenvalue weighted by atomic mass is 16.6. The van der Waals surface area contributed by atoms with E-state index in [0.717, 1.165) is 10.9 Å². The second-order valence-electron chi connectivity index (χ2n) is 11.5. The lowest BCUT2D eigenvalue weighted by Crippen LogP contribution is -2.24. The fourth-order valence-electron chi connectivity index (χ4n) is 4.03. The number of rotatable bonds is 5. The van der Waals surface area contributed by atoms with Crippen molar-refractivity contribution >= 4 is 45.7 Å². The maximum Gasteiger partial charge on any atom is 0.355 e. The third-order valence-corrected chi connectivity index (χ3v) is 6.05. The van der Waals surface area contributed by atoms with Crippen LogP contribution in [0.2, 0.25) is 0 Å². The molecule has 202 valence electrons. The minimum atomic E-state index is -0.615. The molecule has 0 aliphatic carbocycles. The van der Waals surface area contributed by atoms with E-state index in [4.69, 9.17) is 10.5 Å². The van der Waals surface area contributed by atoms with Crippen molar-refractivity contribution in [1.29, 1.82) is 0 Å². The third-order valence-electron chi connectivity index (χ3n) is 6.05. The molecule has 0 saturated heterocycles. The second kappa shape index (κ2) is 10.3. The summed E-state index contributed by atoms with van der Waals surface area (Å²) in [6.45, 7) is 11.7. The summed E-state index contributed by atoms with van der Waals surface area (Å²) in [5.74, 6) is -1.23. The molecule has 0 fully saturated rings. The van der Waals surface area contributed by atoms with Crippen molar-refractivity contribution in [3.8, 4) is 0 Å². The van der Waals surface area contributed by atoms with Crippen LogP contribution in [-0.2, 0) is 10.2 Å². The van der Waals surface area contributed by atoms with Crippen LogP contribution in [0.15, 0.2) is 66.7 Å². The molecule has 0 saturated carbocycles. The summed E-state index contributed by atoms with van der Waals surface area (Å²) < 4.78 is 5.43. The largest absolute Gasteiger partial charge is 0.455 e. The number of ether oxygens (including phenoxy) is 1. The molecule has 5 N–H and O–H groups in total. The average Bonchev–Trinajstić information content (AvgIpc) is 3.26. The van der Waals surface area contributed by atoms with E-state index in [1.54, 1.807) is 75.4 Å². The second-order valence-corrected chi connectivity index (χ2v) is 11.5. The van der Waals surface area contributed by atoms with Crippen molar-refractivity contribution in [2.24, 2.45) is 0 Å². The number of H-pyrrole nitrogens is 1. The SMILES string of the molecule is CC(C)(C)OC(=O)c1cc2ccc(NC(=O)c3ccc(N)cc3NC(=O)c3ccc(C(C)(C)C)cc3)cc2[nH]1. The minimum absolute atomic E-state index is 0.0331. The Hall–Kier alpha value is -4.59. The Kier molecular flexibility index (Phi) is 7.24. The van der Waals surface area contributed by atoms with Gasteiger partial charge < -0.3 is 26.1 Å². The van der Waals surface area contributed by atoms with Crippen LogP contribution < -0.4 is 16.4 Å². The first-order chi connectivity index (χ1) is 18.2. The maximum absolute atomic E-state index is 13.2. The smallest absolute Gasteiger partial charge is 0.355 e. The van der Waals surface area contributed by atoms with E-state index in [1.165, 1.54) is 0 Å². The zero-order valence-corrected chi connectivity index (χ0v) is 23.1. The molecule has 0 bridgehead atoms. The Bertz CT molecular complexity index is 1550. The molecule has 0 aliphatic rings. The van der Waals surface area contributed by atoms with Crippen LogP contribution in [0.4, 0.5) is 17.1 Å². The molecule has 8 heteroatoms. The van der Waals surface area contributed by atoms with Crippen LogP contribution in [0.5, 0.6) is 0 Å². The highest BCUT2D eigenvalue weighted by Crippen LogP contribution is 2.26. The van der Waals surface area contributed by atoms with Gasteiger partial charge in [0.05, 0.1) is 11.3 Å². The lowest BCUT2D eigenvalue weighted by molar-refractivity contribution is 0.00636. The summed E-state index contributed by atoms with van der Waals surface area (Å²) in [5, 5.41) is 6.47. The van der Waals surface area contributed by atoms with Gasteiger partial charge >= 0.3 is 5.97 Å². The van der Waals surface area contributed by atoms with Crippen molar-refractivity contribution in [1.82, 2.24) is 4.98 Å². The number of aromatic nitrogens is 1. The number of fused-ring (bicyclic) bond motifs is 1. The van der Waals surface area contributed by atoms with Gasteiger partial charge in [-0.25, -0.2) is 4.79 Å². The Morgan fingerprint density at radius 2 is 1.49 bits per heavy atom. The van der Waals surface area contributed by atoms with E-state index in [-0.39, 0.29) is 16.9 Å². The highest BCUT2D eigenvalue weighted by molar-refractivity contribution is 6.13. The molecule has 1 aromatic heterocycles. The topological polar surface area (TPSA) is 126 Å². The van der Waals surface area contributed by atoms with Crippen molar-refractivity contribution in [3.05, 3.63) is 89.1 Å². The van der Waals surface area contributed by atoms with Gasteiger partial charge in [-0.1, -0.05) is 39.0 Å². The molecule has 2 amide bonds. The molecule has 0 aliphatic heterocycles. The fourth-order valence-corrected chi connectivity index (χ4v) is 4.03. The lowest BCUT2D eigenvalue weighted by Gasteiger charge is -2.19. The van der Waals surface area contributed by atoms with Gasteiger partial charge in [0.2, 0.25) is 0 Å². The minimum Gasteiger partial charge on any atom is -0.455 e. The zero-order chi connectivity index (χ0) is 28.5. The number of esters is 1. The van der Waals surface area contributed by atoms with Gasteiger partial charge in [-0.05, 0) is 80.3 Å². The zero-order valence-electron chi connectivity index (χ0n) is 23.1. The standard InChI is InChI=1S/C31H34N4O4/c1-30(2,3)20-10-7-18(8-11-20)27(36)35-25-16-21(32)12-14-23(25)28(37)33-22-13-9-19-15-26(34-24(19)17-22)29(38)39-31(4,5)6/h7-17,34H,32H2,1-6H3,(H,33,37)(H,35,36). The van der Waals surface area contributed by atoms with Gasteiger partial charge in [-0.15, -0.1) is 0 Å². The van der Waals surface area contributed by atoms with E-state index in [1.807, 2.05) is 12.1 Å². The van der Waals surface area contributed by atoms with Crippen LogP contribution in [-0.4, -0.2) is 28.4 Å². The van der Waals surface area contributed by atoms with Gasteiger partial charge in [-0.2, -0.15) is 0 Å². The van der Waals surface area contributed by atoms with Crippen molar-refractivity contribution < 1.29 is 19.1 Å². The molecule has 0 spiro atoms. The number of nitrogen functional groups attached to an aromatic ring is 1. The molecule has 4 aromatic rings. The van der Waals surface area contributed by atoms with Crippen LogP contribution in [0.25, 0.3) is 10.9 Å². The molecule has 0 unspecified atom stereocenters. The molecular formula is C31H34N4O4. The number of aromatic amines is 1. The van der Waals surface area contributed by atoms with Gasteiger partial charge in [0.15, 0.2) is 0 Å². The highest BCUT2D eigenvalue weighted by Gasteiger charge is 2.20. The molecule has 0 radical (unpaired) electrons. The maximum atomic E-state index is 13.2. The van der Waals surface area contributed by atoms with Crippen LogP contribution in [0.3, 0.4) is 0 Å². The Morgan fingerprint density at radius 1 is 0.795 bits per heavy atom. The van der Waals surface area contributed by atoms with Gasteiger partial charge in [0, 0.05) is 27.8 Å². The van der Waals surface area contributed by atoms with Gasteiger partial charge in [0.1, 0.15) is 11.3 Å². The number of nitrogens with one attached hydrogen (secondary N) is 3. The number of hydrogen-bond donors (Lipinski definition) is 4. The summed E-state index contributed by atoms with van der Waals surface area (Å²) in [6, 6.07) is 19.1. The van der Waals surface area contributed by atoms with Crippen LogP contribution in [0, 0.1) is 0 Å². The Labute approximate surface area is 227 Å². The number of hydrogen-bond acceptors (Lipinski definition) is 5. The van der Waals surface area contributed by atoms with Crippen molar-refractivity contribution in [3.63, 3.8) is 0 Å². The first-order valence-electron chi connectivity index (χ1n) is 12.7. The molecule has 4 rings (SSSR count). The summed E-state index contributed by atoms with van der Waals surface area (Å²) in [4.78, 5) is 41.7.